The highest BCUT2D eigenvalue weighted by molar-refractivity contribution is 5.62. The Morgan fingerprint density at radius 3 is 1.12 bits per heavy atom. The van der Waals surface area contributed by atoms with Crippen molar-refractivity contribution in [1.82, 2.24) is 0 Å². The van der Waals surface area contributed by atoms with Gasteiger partial charge in [0, 0.05) is 20.1 Å². The van der Waals surface area contributed by atoms with Gasteiger partial charge in [0.15, 0.2) is 0 Å². The Balaban J connectivity index is -0.0000000635. The minimum atomic E-state index is -0.954. The van der Waals surface area contributed by atoms with E-state index in [1.165, 1.54) is 0 Å². The minimum absolute atomic E-state index is 0.250. The van der Waals surface area contributed by atoms with Gasteiger partial charge in [-0.05, 0) is 13.8 Å². The number of aliphatic carboxylic acids is 1. The number of carboxylic acid groups (broad SMARTS) is 1. The van der Waals surface area contributed by atoms with Crippen molar-refractivity contribution in [3.63, 3.8) is 0 Å². The van der Waals surface area contributed by atoms with Crippen molar-refractivity contribution in [1.29, 1.82) is 0 Å². The van der Waals surface area contributed by atoms with Gasteiger partial charge in [0.05, 0.1) is 13.2 Å². The summed E-state index contributed by atoms with van der Waals surface area (Å²) in [6, 6.07) is 0. The third kappa shape index (κ3) is 187. The molecule has 0 aromatic rings. The number of carbonyl (C=O) groups is 1. The molecule has 0 rings (SSSR count). The summed E-state index contributed by atoms with van der Waals surface area (Å²) >= 11 is 0. The van der Waals surface area contributed by atoms with Crippen molar-refractivity contribution in [2.45, 2.75) is 26.9 Å². The van der Waals surface area contributed by atoms with Gasteiger partial charge >= 0.3 is 0 Å². The first-order valence-electron chi connectivity index (χ1n) is 4.68. The molecule has 16 heavy (non-hydrogen) atoms. The summed E-state index contributed by atoms with van der Waals surface area (Å²) in [6.07, 6.45) is -0.954. The van der Waals surface area contributed by atoms with E-state index in [1.807, 2.05) is 0 Å². The van der Waals surface area contributed by atoms with Crippen molar-refractivity contribution in [3.8, 4) is 0 Å². The van der Waals surface area contributed by atoms with Gasteiger partial charge in [0.1, 0.15) is 6.10 Å². The van der Waals surface area contributed by atoms with Crippen LogP contribution in [0, 0.1) is 0 Å². The summed E-state index contributed by atoms with van der Waals surface area (Å²) in [4.78, 5) is 9.00. The summed E-state index contributed by atoms with van der Waals surface area (Å²) in [5.74, 6) is -0.833. The van der Waals surface area contributed by atoms with Crippen LogP contribution >= 0.6 is 0 Å². The molecule has 0 saturated heterocycles. The number of rotatable bonds is 2. The van der Waals surface area contributed by atoms with Crippen LogP contribution in [0.3, 0.4) is 0 Å². The van der Waals surface area contributed by atoms with Crippen molar-refractivity contribution in [2.24, 2.45) is 0 Å². The van der Waals surface area contributed by atoms with E-state index in [0.717, 1.165) is 6.92 Å². The van der Waals surface area contributed by atoms with E-state index in [9.17, 15) is 0 Å². The average Bonchev–Trinajstić information content (AvgIpc) is 2.18. The number of hydrogen-bond donors (Lipinski definition) is 6. The zero-order valence-electron chi connectivity index (χ0n) is 10.00. The van der Waals surface area contributed by atoms with Crippen molar-refractivity contribution < 1.29 is 35.4 Å². The fraction of sp³-hybridized carbons (Fsp3) is 0.889. The lowest BCUT2D eigenvalue weighted by molar-refractivity contribution is -0.134. The molecule has 0 fully saturated rings. The minimum Gasteiger partial charge on any atom is -0.481 e. The quantitative estimate of drug-likeness (QED) is 0.344. The number of carboxylic acids is 1. The Morgan fingerprint density at radius 1 is 1.00 bits per heavy atom. The zero-order chi connectivity index (χ0) is 14.0. The predicted octanol–water partition coefficient (Wildman–Crippen LogP) is -1.58. The van der Waals surface area contributed by atoms with Gasteiger partial charge in [-0.25, -0.2) is 0 Å². The molecular weight excluding hydrogens is 220 g/mol. The van der Waals surface area contributed by atoms with Crippen LogP contribution in [0.2, 0.25) is 0 Å². The average molecular weight is 244 g/mol. The second-order valence-electron chi connectivity index (χ2n) is 2.17. The van der Waals surface area contributed by atoms with Crippen LogP contribution in [0.4, 0.5) is 0 Å². The highest BCUT2D eigenvalue weighted by Gasteiger charge is 1.93. The fourth-order valence-corrected chi connectivity index (χ4v) is 0.0577. The van der Waals surface area contributed by atoms with Crippen LogP contribution in [0.5, 0.6) is 0 Å². The zero-order valence-corrected chi connectivity index (χ0v) is 10.00. The van der Waals surface area contributed by atoms with Crippen LogP contribution in [-0.2, 0) is 4.79 Å². The summed E-state index contributed by atoms with van der Waals surface area (Å²) < 4.78 is 0. The molecule has 0 aromatic carbocycles. The Bertz CT molecular complexity index is 98.0. The molecule has 7 heteroatoms. The van der Waals surface area contributed by atoms with Crippen LogP contribution in [0.15, 0.2) is 0 Å². The standard InChI is InChI=1S/C3H8O3.C2H4O2.2C2H6O/c4-1-3(6)2-5;1-2(3)4;2*1-2-3/h3-6H,1-2H2;1H3,(H,3,4);2*3H,2H2,1H3. The monoisotopic (exact) mass is 244 g/mol. The van der Waals surface area contributed by atoms with Gasteiger partial charge < -0.3 is 30.6 Å². The van der Waals surface area contributed by atoms with Gasteiger partial charge in [-0.3, -0.25) is 4.79 Å². The first-order chi connectivity index (χ1) is 7.37. The second-order valence-corrected chi connectivity index (χ2v) is 2.17. The second kappa shape index (κ2) is 29.2. The van der Waals surface area contributed by atoms with Gasteiger partial charge in [-0.2, -0.15) is 0 Å². The van der Waals surface area contributed by atoms with Crippen molar-refractivity contribution >= 4 is 5.97 Å². The predicted molar refractivity (Wildman–Crippen MR) is 59.0 cm³/mol. The van der Waals surface area contributed by atoms with Gasteiger partial charge in [-0.1, -0.05) is 0 Å². The summed E-state index contributed by atoms with van der Waals surface area (Å²) in [5.41, 5.74) is 0. The van der Waals surface area contributed by atoms with E-state index in [2.05, 4.69) is 0 Å². The molecule has 0 aromatic heterocycles. The van der Waals surface area contributed by atoms with Crippen molar-refractivity contribution in [2.75, 3.05) is 26.4 Å². The van der Waals surface area contributed by atoms with Crippen LogP contribution in [0.1, 0.15) is 20.8 Å². The molecule has 0 heterocycles. The van der Waals surface area contributed by atoms with E-state index >= 15 is 0 Å². The molecule has 0 radical (unpaired) electrons. The molecule has 0 bridgehead atoms. The lowest BCUT2D eigenvalue weighted by Gasteiger charge is -1.96. The molecule has 0 aliphatic heterocycles. The van der Waals surface area contributed by atoms with Gasteiger partial charge in [-0.15, -0.1) is 0 Å². The maximum absolute atomic E-state index is 9.00. The van der Waals surface area contributed by atoms with E-state index in [1.54, 1.807) is 13.8 Å². The summed E-state index contributed by atoms with van der Waals surface area (Å²) in [5, 5.41) is 46.6. The Hall–Kier alpha value is -0.730. The lowest BCUT2D eigenvalue weighted by Crippen LogP contribution is -2.15. The maximum atomic E-state index is 9.00. The Kier molecular flexibility index (Phi) is 44.7. The van der Waals surface area contributed by atoms with Crippen LogP contribution < -0.4 is 0 Å². The first kappa shape index (κ1) is 24.5. The van der Waals surface area contributed by atoms with Gasteiger partial charge in [0.2, 0.25) is 0 Å². The number of aliphatic hydroxyl groups is 5. The van der Waals surface area contributed by atoms with E-state index in [4.69, 9.17) is 35.4 Å². The SMILES string of the molecule is CC(=O)O.CCO.CCO.OCC(O)CO. The third-order valence-electron chi connectivity index (χ3n) is 0.421. The topological polar surface area (TPSA) is 138 Å². The Labute approximate surface area is 95.6 Å². The van der Waals surface area contributed by atoms with Crippen molar-refractivity contribution in [3.05, 3.63) is 0 Å². The molecule has 0 aliphatic rings. The smallest absolute Gasteiger partial charge is 0.300 e. The molecule has 0 spiro atoms. The van der Waals surface area contributed by atoms with E-state index < -0.39 is 12.1 Å². The fourth-order valence-electron chi connectivity index (χ4n) is 0.0577. The van der Waals surface area contributed by atoms with Crippen LogP contribution in [0.25, 0.3) is 0 Å². The van der Waals surface area contributed by atoms with Crippen LogP contribution in [-0.4, -0.2) is 69.1 Å². The first-order valence-corrected chi connectivity index (χ1v) is 4.68. The molecule has 0 saturated carbocycles. The third-order valence-corrected chi connectivity index (χ3v) is 0.421. The summed E-state index contributed by atoms with van der Waals surface area (Å²) in [6.45, 7) is 4.22. The van der Waals surface area contributed by atoms with E-state index in [-0.39, 0.29) is 26.4 Å². The molecular formula is C9H24O7. The molecule has 0 aliphatic carbocycles. The number of hydrogen-bond acceptors (Lipinski definition) is 6. The molecule has 7 nitrogen and oxygen atoms in total. The van der Waals surface area contributed by atoms with Gasteiger partial charge in [0.25, 0.3) is 5.97 Å². The highest BCUT2D eigenvalue weighted by atomic mass is 16.4. The molecule has 0 atom stereocenters. The normalized spacial score (nSPS) is 7.56. The molecule has 0 unspecified atom stereocenters. The maximum Gasteiger partial charge on any atom is 0.300 e. The summed E-state index contributed by atoms with van der Waals surface area (Å²) in [7, 11) is 0. The molecule has 0 amide bonds. The lowest BCUT2D eigenvalue weighted by atomic mass is 10.4. The highest BCUT2D eigenvalue weighted by Crippen LogP contribution is 1.71. The molecule has 102 valence electrons. The largest absolute Gasteiger partial charge is 0.481 e. The Morgan fingerprint density at radius 2 is 1.12 bits per heavy atom. The molecule has 6 N–H and O–H groups in total. The number of aliphatic hydroxyl groups excluding tert-OH is 5. The van der Waals surface area contributed by atoms with E-state index in [0.29, 0.717) is 0 Å².